The van der Waals surface area contributed by atoms with Crippen LogP contribution in [-0.2, 0) is 0 Å². The fourth-order valence-corrected chi connectivity index (χ4v) is 2.61. The average Bonchev–Trinajstić information content (AvgIpc) is 2.48. The molecule has 0 atom stereocenters. The third-order valence-corrected chi connectivity index (χ3v) is 3.77. The van der Waals surface area contributed by atoms with E-state index in [0.717, 1.165) is 10.0 Å². The van der Waals surface area contributed by atoms with Crippen LogP contribution >= 0.6 is 15.9 Å². The summed E-state index contributed by atoms with van der Waals surface area (Å²) in [6.45, 7) is 7.63. The number of aryl methyl sites for hydroxylation is 1. The molecule has 2 rings (SSSR count). The number of anilines is 1. The van der Waals surface area contributed by atoms with Gasteiger partial charge in [-0.3, -0.25) is 14.6 Å². The monoisotopic (exact) mass is 389 g/mol. The number of halogens is 1. The first kappa shape index (κ1) is 18.1. The number of hydrogen-bond acceptors (Lipinski definition) is 3. The van der Waals surface area contributed by atoms with Crippen molar-refractivity contribution < 1.29 is 9.59 Å². The SMILES string of the molecule is Cc1ccc(NC(=O)c2ccnc(C(=O)NC(C)(C)C)c2)c(Br)c1. The molecule has 1 heterocycles. The first-order chi connectivity index (χ1) is 11.2. The van der Waals surface area contributed by atoms with E-state index < -0.39 is 0 Å². The van der Waals surface area contributed by atoms with Crippen molar-refractivity contribution in [3.8, 4) is 0 Å². The number of carbonyl (C=O) groups excluding carboxylic acids is 2. The van der Waals surface area contributed by atoms with Gasteiger partial charge < -0.3 is 10.6 Å². The van der Waals surface area contributed by atoms with E-state index in [1.165, 1.54) is 12.3 Å². The summed E-state index contributed by atoms with van der Waals surface area (Å²) < 4.78 is 0.801. The van der Waals surface area contributed by atoms with Gasteiger partial charge in [-0.25, -0.2) is 0 Å². The predicted octanol–water partition coefficient (Wildman–Crippen LogP) is 3.93. The highest BCUT2D eigenvalue weighted by molar-refractivity contribution is 9.10. The van der Waals surface area contributed by atoms with Crippen LogP contribution in [-0.4, -0.2) is 22.3 Å². The molecule has 1 aromatic heterocycles. The van der Waals surface area contributed by atoms with Gasteiger partial charge in [-0.1, -0.05) is 6.07 Å². The van der Waals surface area contributed by atoms with Gasteiger partial charge in [0.1, 0.15) is 5.69 Å². The van der Waals surface area contributed by atoms with E-state index in [9.17, 15) is 9.59 Å². The van der Waals surface area contributed by atoms with Crippen molar-refractivity contribution in [1.29, 1.82) is 0 Å². The van der Waals surface area contributed by atoms with E-state index in [-0.39, 0.29) is 23.0 Å². The maximum absolute atomic E-state index is 12.4. The first-order valence-corrected chi connectivity index (χ1v) is 8.31. The van der Waals surface area contributed by atoms with Crippen LogP contribution in [0.15, 0.2) is 41.0 Å². The highest BCUT2D eigenvalue weighted by Gasteiger charge is 2.18. The Bertz CT molecular complexity index is 782. The number of nitrogens with zero attached hydrogens (tertiary/aromatic N) is 1. The van der Waals surface area contributed by atoms with Crippen molar-refractivity contribution in [2.24, 2.45) is 0 Å². The highest BCUT2D eigenvalue weighted by atomic mass is 79.9. The van der Waals surface area contributed by atoms with Crippen LogP contribution in [0.25, 0.3) is 0 Å². The number of pyridine rings is 1. The van der Waals surface area contributed by atoms with E-state index in [2.05, 4.69) is 31.5 Å². The molecule has 2 aromatic rings. The molecule has 1 aromatic carbocycles. The van der Waals surface area contributed by atoms with Crippen molar-refractivity contribution in [2.45, 2.75) is 33.2 Å². The number of aromatic nitrogens is 1. The third kappa shape index (κ3) is 4.89. The van der Waals surface area contributed by atoms with Crippen molar-refractivity contribution in [3.63, 3.8) is 0 Å². The van der Waals surface area contributed by atoms with Crippen molar-refractivity contribution in [1.82, 2.24) is 10.3 Å². The van der Waals surface area contributed by atoms with E-state index >= 15 is 0 Å². The minimum atomic E-state index is -0.371. The molecule has 5 nitrogen and oxygen atoms in total. The fraction of sp³-hybridized carbons (Fsp3) is 0.278. The third-order valence-electron chi connectivity index (χ3n) is 3.12. The number of hydrogen-bond donors (Lipinski definition) is 2. The minimum absolute atomic E-state index is 0.209. The maximum atomic E-state index is 12.4. The maximum Gasteiger partial charge on any atom is 0.270 e. The molecule has 6 heteroatoms. The molecule has 2 amide bonds. The van der Waals surface area contributed by atoms with Gasteiger partial charge in [0.2, 0.25) is 0 Å². The Hall–Kier alpha value is -2.21. The van der Waals surface area contributed by atoms with E-state index in [1.807, 2.05) is 45.9 Å². The smallest absolute Gasteiger partial charge is 0.270 e. The Labute approximate surface area is 150 Å². The van der Waals surface area contributed by atoms with Crippen molar-refractivity contribution >= 4 is 33.4 Å². The van der Waals surface area contributed by atoms with Gasteiger partial charge in [-0.05, 0) is 73.5 Å². The number of carbonyl (C=O) groups is 2. The lowest BCUT2D eigenvalue weighted by molar-refractivity contribution is 0.0914. The molecule has 24 heavy (non-hydrogen) atoms. The molecular formula is C18H20BrN3O2. The number of rotatable bonds is 3. The molecule has 0 radical (unpaired) electrons. The standard InChI is InChI=1S/C18H20BrN3O2/c1-11-5-6-14(13(19)9-11)21-16(23)12-7-8-20-15(10-12)17(24)22-18(2,3)4/h5-10H,1-4H3,(H,21,23)(H,22,24). The molecule has 2 N–H and O–H groups in total. The quantitative estimate of drug-likeness (QED) is 0.834. The van der Waals surface area contributed by atoms with E-state index in [4.69, 9.17) is 0 Å². The van der Waals surface area contributed by atoms with Crippen LogP contribution in [0.2, 0.25) is 0 Å². The zero-order valence-electron chi connectivity index (χ0n) is 14.1. The number of benzene rings is 1. The van der Waals surface area contributed by atoms with Crippen molar-refractivity contribution in [3.05, 3.63) is 57.8 Å². The molecule has 0 saturated heterocycles. The summed E-state index contributed by atoms with van der Waals surface area (Å²) in [5.41, 5.74) is 1.97. The van der Waals surface area contributed by atoms with Crippen LogP contribution in [0.3, 0.4) is 0 Å². The van der Waals surface area contributed by atoms with Gasteiger partial charge in [0, 0.05) is 21.8 Å². The van der Waals surface area contributed by atoms with Crippen LogP contribution in [0, 0.1) is 6.92 Å². The van der Waals surface area contributed by atoms with Gasteiger partial charge in [0.05, 0.1) is 5.69 Å². The van der Waals surface area contributed by atoms with Gasteiger partial charge in [-0.15, -0.1) is 0 Å². The molecule has 126 valence electrons. The van der Waals surface area contributed by atoms with E-state index in [1.54, 1.807) is 6.07 Å². The zero-order chi connectivity index (χ0) is 17.9. The van der Waals surface area contributed by atoms with Crippen LogP contribution in [0.4, 0.5) is 5.69 Å². The van der Waals surface area contributed by atoms with E-state index in [0.29, 0.717) is 11.3 Å². The lowest BCUT2D eigenvalue weighted by atomic mass is 10.1. The largest absolute Gasteiger partial charge is 0.346 e. The first-order valence-electron chi connectivity index (χ1n) is 7.52. The lowest BCUT2D eigenvalue weighted by Gasteiger charge is -2.20. The molecular weight excluding hydrogens is 370 g/mol. The second-order valence-electron chi connectivity index (χ2n) is 6.57. The van der Waals surface area contributed by atoms with Crippen molar-refractivity contribution in [2.75, 3.05) is 5.32 Å². The summed E-state index contributed by atoms with van der Waals surface area (Å²) in [4.78, 5) is 28.6. The number of nitrogens with one attached hydrogen (secondary N) is 2. The lowest BCUT2D eigenvalue weighted by Crippen LogP contribution is -2.41. The Balaban J connectivity index is 2.18. The normalized spacial score (nSPS) is 11.0. The minimum Gasteiger partial charge on any atom is -0.346 e. The molecule has 0 fully saturated rings. The van der Waals surface area contributed by atoms with Gasteiger partial charge in [0.25, 0.3) is 11.8 Å². The highest BCUT2D eigenvalue weighted by Crippen LogP contribution is 2.24. The summed E-state index contributed by atoms with van der Waals surface area (Å²) in [7, 11) is 0. The molecule has 0 aliphatic carbocycles. The van der Waals surface area contributed by atoms with Crippen LogP contribution in [0.5, 0.6) is 0 Å². The topological polar surface area (TPSA) is 71.1 Å². The summed E-state index contributed by atoms with van der Waals surface area (Å²) in [5.74, 6) is -0.611. The molecule has 0 bridgehead atoms. The zero-order valence-corrected chi connectivity index (χ0v) is 15.7. The van der Waals surface area contributed by atoms with Crippen LogP contribution < -0.4 is 10.6 Å². The van der Waals surface area contributed by atoms with Gasteiger partial charge in [0.15, 0.2) is 0 Å². The van der Waals surface area contributed by atoms with Crippen LogP contribution in [0.1, 0.15) is 47.2 Å². The Morgan fingerprint density at radius 1 is 1.08 bits per heavy atom. The molecule has 0 aliphatic heterocycles. The molecule has 0 saturated carbocycles. The van der Waals surface area contributed by atoms with Gasteiger partial charge in [-0.2, -0.15) is 0 Å². The fourth-order valence-electron chi connectivity index (χ4n) is 2.02. The Morgan fingerprint density at radius 3 is 2.42 bits per heavy atom. The molecule has 0 spiro atoms. The second kappa shape index (κ2) is 7.13. The summed E-state index contributed by atoms with van der Waals surface area (Å²) in [5, 5.41) is 5.65. The second-order valence-corrected chi connectivity index (χ2v) is 7.43. The Morgan fingerprint density at radius 2 is 1.79 bits per heavy atom. The number of amides is 2. The summed E-state index contributed by atoms with van der Waals surface area (Å²) >= 11 is 3.43. The predicted molar refractivity (Wildman–Crippen MR) is 98.3 cm³/mol. The average molecular weight is 390 g/mol. The van der Waals surface area contributed by atoms with Gasteiger partial charge >= 0.3 is 0 Å². The summed E-state index contributed by atoms with van der Waals surface area (Å²) in [6, 6.07) is 8.72. The molecule has 0 aliphatic rings. The molecule has 0 unspecified atom stereocenters. The Kier molecular flexibility index (Phi) is 5.39. The summed E-state index contributed by atoms with van der Waals surface area (Å²) in [6.07, 6.45) is 1.46.